The van der Waals surface area contributed by atoms with Gasteiger partial charge in [-0.15, -0.1) is 0 Å². The molecular formula is C20H17ClO4. The van der Waals surface area contributed by atoms with Gasteiger partial charge in [0.05, 0.1) is 19.8 Å². The summed E-state index contributed by atoms with van der Waals surface area (Å²) in [5.41, 5.74) is 2.25. The van der Waals surface area contributed by atoms with Gasteiger partial charge in [0, 0.05) is 16.7 Å². The van der Waals surface area contributed by atoms with E-state index in [1.807, 2.05) is 18.2 Å². The van der Waals surface area contributed by atoms with Crippen LogP contribution in [0.25, 0.3) is 6.08 Å². The molecule has 0 N–H and O–H groups in total. The van der Waals surface area contributed by atoms with Gasteiger partial charge in [0.15, 0.2) is 5.78 Å². The van der Waals surface area contributed by atoms with E-state index in [1.165, 1.54) is 13.2 Å². The number of ketones is 1. The van der Waals surface area contributed by atoms with Gasteiger partial charge in [-0.2, -0.15) is 0 Å². The van der Waals surface area contributed by atoms with Crippen LogP contribution in [-0.2, 0) is 0 Å². The summed E-state index contributed by atoms with van der Waals surface area (Å²) in [7, 11) is 3.09. The molecule has 4 nitrogen and oxygen atoms in total. The van der Waals surface area contributed by atoms with E-state index < -0.39 is 0 Å². The molecule has 0 unspecified atom stereocenters. The predicted octanol–water partition coefficient (Wildman–Crippen LogP) is 4.57. The summed E-state index contributed by atoms with van der Waals surface area (Å²) >= 11 is 6.01. The number of rotatable bonds is 5. The summed E-state index contributed by atoms with van der Waals surface area (Å²) in [6, 6.07) is 10.5. The first-order valence-corrected chi connectivity index (χ1v) is 8.06. The van der Waals surface area contributed by atoms with Crippen molar-refractivity contribution in [3.8, 4) is 17.2 Å². The van der Waals surface area contributed by atoms with E-state index in [1.54, 1.807) is 37.5 Å². The molecule has 5 heteroatoms. The highest BCUT2D eigenvalue weighted by Crippen LogP contribution is 2.29. The van der Waals surface area contributed by atoms with Crippen LogP contribution >= 0.6 is 11.6 Å². The zero-order valence-electron chi connectivity index (χ0n) is 13.9. The molecule has 0 fully saturated rings. The van der Waals surface area contributed by atoms with Crippen molar-refractivity contribution >= 4 is 23.5 Å². The topological polar surface area (TPSA) is 44.8 Å². The number of hydrogen-bond acceptors (Lipinski definition) is 4. The minimum absolute atomic E-state index is 0.155. The Hall–Kier alpha value is -2.72. The van der Waals surface area contributed by atoms with Gasteiger partial charge in [-0.25, -0.2) is 0 Å². The molecule has 128 valence electrons. The van der Waals surface area contributed by atoms with E-state index in [2.05, 4.69) is 0 Å². The molecule has 0 aromatic heterocycles. The monoisotopic (exact) mass is 356 g/mol. The number of halogens is 1. The number of allylic oxidation sites excluding steroid dienone is 1. The fraction of sp³-hybridized carbons (Fsp3) is 0.150. The zero-order valence-corrected chi connectivity index (χ0v) is 14.7. The normalized spacial score (nSPS) is 13.0. The van der Waals surface area contributed by atoms with Gasteiger partial charge in [0.2, 0.25) is 0 Å². The number of ether oxygens (including phenoxy) is 3. The van der Waals surface area contributed by atoms with E-state index in [4.69, 9.17) is 25.8 Å². The lowest BCUT2D eigenvalue weighted by Crippen LogP contribution is -2.06. The number of hydrogen-bond donors (Lipinski definition) is 0. The number of carbonyl (C=O) groups excluding carboxylic acids is 1. The molecule has 2 aromatic carbocycles. The summed E-state index contributed by atoms with van der Waals surface area (Å²) in [6.07, 6.45) is 5.21. The first-order chi connectivity index (χ1) is 12.1. The van der Waals surface area contributed by atoms with E-state index >= 15 is 0 Å². The molecule has 0 atom stereocenters. The second-order valence-electron chi connectivity index (χ2n) is 5.45. The maximum absolute atomic E-state index is 12.5. The standard InChI is InChI=1S/C20H17ClO4/c1-23-16-5-6-17(20(11-16)24-2)18(22)7-3-13-9-14-10-15(21)4-8-19(14)25-12-13/h3-11H,12H2,1-2H3/b7-3+. The lowest BCUT2D eigenvalue weighted by Gasteiger charge is -2.16. The maximum Gasteiger partial charge on any atom is 0.189 e. The first kappa shape index (κ1) is 17.1. The summed E-state index contributed by atoms with van der Waals surface area (Å²) in [5, 5.41) is 0.642. The van der Waals surface area contributed by atoms with Crippen LogP contribution in [0.4, 0.5) is 0 Å². The summed E-state index contributed by atoms with van der Waals surface area (Å²) in [4.78, 5) is 12.5. The minimum Gasteiger partial charge on any atom is -0.497 e. The Labute approximate surface area is 151 Å². The van der Waals surface area contributed by atoms with Crippen molar-refractivity contribution in [3.63, 3.8) is 0 Å². The van der Waals surface area contributed by atoms with Gasteiger partial charge in [-0.1, -0.05) is 17.7 Å². The van der Waals surface area contributed by atoms with Crippen LogP contribution in [0.3, 0.4) is 0 Å². The van der Waals surface area contributed by atoms with Crippen molar-refractivity contribution in [1.82, 2.24) is 0 Å². The fourth-order valence-electron chi connectivity index (χ4n) is 2.54. The van der Waals surface area contributed by atoms with Crippen LogP contribution < -0.4 is 14.2 Å². The molecule has 0 radical (unpaired) electrons. The molecule has 0 saturated heterocycles. The molecule has 25 heavy (non-hydrogen) atoms. The molecule has 0 saturated carbocycles. The maximum atomic E-state index is 12.5. The molecule has 1 heterocycles. The Kier molecular flexibility index (Phi) is 5.10. The fourth-order valence-corrected chi connectivity index (χ4v) is 2.72. The van der Waals surface area contributed by atoms with Gasteiger partial charge >= 0.3 is 0 Å². The van der Waals surface area contributed by atoms with Crippen LogP contribution in [0.2, 0.25) is 5.02 Å². The van der Waals surface area contributed by atoms with E-state index in [0.717, 1.165) is 16.9 Å². The van der Waals surface area contributed by atoms with Crippen LogP contribution in [0.1, 0.15) is 15.9 Å². The summed E-state index contributed by atoms with van der Waals surface area (Å²) < 4.78 is 16.1. The lowest BCUT2D eigenvalue weighted by atomic mass is 10.0. The van der Waals surface area contributed by atoms with Crippen molar-refractivity contribution in [2.24, 2.45) is 0 Å². The second-order valence-corrected chi connectivity index (χ2v) is 5.89. The average molecular weight is 357 g/mol. The molecule has 3 rings (SSSR count). The van der Waals surface area contributed by atoms with Gasteiger partial charge in [0.25, 0.3) is 0 Å². The van der Waals surface area contributed by atoms with Crippen LogP contribution in [0, 0.1) is 0 Å². The second kappa shape index (κ2) is 7.45. The lowest BCUT2D eigenvalue weighted by molar-refractivity contribution is 0.104. The Morgan fingerprint density at radius 2 is 2.00 bits per heavy atom. The highest BCUT2D eigenvalue weighted by atomic mass is 35.5. The third-order valence-corrected chi connectivity index (χ3v) is 4.07. The smallest absolute Gasteiger partial charge is 0.189 e. The van der Waals surface area contributed by atoms with Crippen molar-refractivity contribution in [2.45, 2.75) is 0 Å². The average Bonchev–Trinajstić information content (AvgIpc) is 2.65. The van der Waals surface area contributed by atoms with Gasteiger partial charge in [-0.05, 0) is 48.1 Å². The Bertz CT molecular complexity index is 868. The molecule has 1 aliphatic rings. The van der Waals surface area contributed by atoms with Crippen molar-refractivity contribution in [3.05, 3.63) is 70.3 Å². The number of benzene rings is 2. The SMILES string of the molecule is COc1ccc(C(=O)/C=C/C2=Cc3cc(Cl)ccc3OC2)c(OC)c1. The number of methoxy groups -OCH3 is 2. The molecular weight excluding hydrogens is 340 g/mol. The molecule has 0 aliphatic carbocycles. The van der Waals surface area contributed by atoms with Crippen LogP contribution in [-0.4, -0.2) is 26.6 Å². The Morgan fingerprint density at radius 3 is 2.76 bits per heavy atom. The molecule has 0 amide bonds. The molecule has 1 aliphatic heterocycles. The molecule has 0 bridgehead atoms. The summed E-state index contributed by atoms with van der Waals surface area (Å²) in [5.74, 6) is 1.73. The van der Waals surface area contributed by atoms with Crippen LogP contribution in [0.15, 0.2) is 54.1 Å². The largest absolute Gasteiger partial charge is 0.497 e. The highest BCUT2D eigenvalue weighted by Gasteiger charge is 2.13. The van der Waals surface area contributed by atoms with Crippen LogP contribution in [0.5, 0.6) is 17.2 Å². The third kappa shape index (κ3) is 3.86. The first-order valence-electron chi connectivity index (χ1n) is 7.68. The Balaban J connectivity index is 1.82. The minimum atomic E-state index is -0.155. The highest BCUT2D eigenvalue weighted by molar-refractivity contribution is 6.30. The predicted molar refractivity (Wildman–Crippen MR) is 97.9 cm³/mol. The van der Waals surface area contributed by atoms with Crippen molar-refractivity contribution in [2.75, 3.05) is 20.8 Å². The van der Waals surface area contributed by atoms with E-state index in [9.17, 15) is 4.79 Å². The molecule has 0 spiro atoms. The van der Waals surface area contributed by atoms with E-state index in [-0.39, 0.29) is 5.78 Å². The van der Waals surface area contributed by atoms with Gasteiger partial charge < -0.3 is 14.2 Å². The quantitative estimate of drug-likeness (QED) is 0.581. The number of carbonyl (C=O) groups is 1. The summed E-state index contributed by atoms with van der Waals surface area (Å²) in [6.45, 7) is 0.401. The van der Waals surface area contributed by atoms with Crippen molar-refractivity contribution < 1.29 is 19.0 Å². The van der Waals surface area contributed by atoms with Crippen molar-refractivity contribution in [1.29, 1.82) is 0 Å². The third-order valence-electron chi connectivity index (χ3n) is 3.83. The van der Waals surface area contributed by atoms with Gasteiger partial charge in [0.1, 0.15) is 23.9 Å². The zero-order chi connectivity index (χ0) is 17.8. The van der Waals surface area contributed by atoms with Gasteiger partial charge in [-0.3, -0.25) is 4.79 Å². The van der Waals surface area contributed by atoms with E-state index in [0.29, 0.717) is 28.7 Å². The number of fused-ring (bicyclic) bond motifs is 1. The Morgan fingerprint density at radius 1 is 1.16 bits per heavy atom. The molecule has 2 aromatic rings.